The van der Waals surface area contributed by atoms with Gasteiger partial charge in [-0.2, -0.15) is 0 Å². The number of hydrogen-bond acceptors (Lipinski definition) is 5. The Kier molecular flexibility index (Phi) is 5.04. The highest BCUT2D eigenvalue weighted by molar-refractivity contribution is 6.39. The van der Waals surface area contributed by atoms with E-state index in [1.165, 1.54) is 12.1 Å². The molecule has 2 N–H and O–H groups in total. The Balaban J connectivity index is 1.56. The fourth-order valence-electron chi connectivity index (χ4n) is 2.51. The van der Waals surface area contributed by atoms with Crippen LogP contribution in [0.25, 0.3) is 22.4 Å². The van der Waals surface area contributed by atoms with E-state index in [0.29, 0.717) is 38.2 Å². The summed E-state index contributed by atoms with van der Waals surface area (Å²) in [5, 5.41) is 11.0. The molecule has 7 nitrogen and oxygen atoms in total. The third-order valence-corrected chi connectivity index (χ3v) is 4.56. The fraction of sp³-hybridized carbons (Fsp3) is 0. The maximum atomic E-state index is 12.0. The van der Waals surface area contributed by atoms with Crippen molar-refractivity contribution in [1.29, 1.82) is 0 Å². The van der Waals surface area contributed by atoms with Gasteiger partial charge in [-0.1, -0.05) is 40.9 Å². The van der Waals surface area contributed by atoms with Crippen LogP contribution in [-0.4, -0.2) is 26.3 Å². The largest absolute Gasteiger partial charge is 0.418 e. The number of benzene rings is 2. The van der Waals surface area contributed by atoms with E-state index < -0.39 is 6.09 Å². The molecule has 140 valence electrons. The Hall–Kier alpha value is -2.87. The van der Waals surface area contributed by atoms with Gasteiger partial charge in [0.1, 0.15) is 11.6 Å². The van der Waals surface area contributed by atoms with E-state index in [1.54, 1.807) is 36.4 Å². The van der Waals surface area contributed by atoms with Gasteiger partial charge in [-0.25, -0.2) is 9.78 Å². The SMILES string of the molecule is O=C(Nc1ccc(Cl)nn1)Oc1ccc2nc(-c3c(Cl)cccc3Cl)[nH]c2c1. The summed E-state index contributed by atoms with van der Waals surface area (Å²) >= 11 is 18.1. The van der Waals surface area contributed by atoms with Gasteiger partial charge in [0.2, 0.25) is 0 Å². The van der Waals surface area contributed by atoms with Crippen molar-refractivity contribution in [2.75, 3.05) is 5.32 Å². The zero-order valence-electron chi connectivity index (χ0n) is 13.9. The molecule has 2 aromatic carbocycles. The molecule has 0 spiro atoms. The number of hydrogen-bond donors (Lipinski definition) is 2. The average molecular weight is 435 g/mol. The predicted molar refractivity (Wildman–Crippen MR) is 108 cm³/mol. The van der Waals surface area contributed by atoms with Crippen molar-refractivity contribution >= 4 is 57.7 Å². The Labute approximate surface area is 173 Å². The second kappa shape index (κ2) is 7.63. The molecule has 0 unspecified atom stereocenters. The minimum absolute atomic E-state index is 0.215. The number of aromatic amines is 1. The van der Waals surface area contributed by atoms with Crippen molar-refractivity contribution < 1.29 is 9.53 Å². The topological polar surface area (TPSA) is 92.8 Å². The van der Waals surface area contributed by atoms with Gasteiger partial charge < -0.3 is 9.72 Å². The first kappa shape index (κ1) is 18.5. The van der Waals surface area contributed by atoms with E-state index in [2.05, 4.69) is 25.5 Å². The molecule has 0 aliphatic carbocycles. The number of carbonyl (C=O) groups is 1. The van der Waals surface area contributed by atoms with Gasteiger partial charge in [0.05, 0.1) is 26.6 Å². The Morgan fingerprint density at radius 2 is 1.79 bits per heavy atom. The monoisotopic (exact) mass is 433 g/mol. The summed E-state index contributed by atoms with van der Waals surface area (Å²) in [6, 6.07) is 13.2. The number of fused-ring (bicyclic) bond motifs is 1. The third kappa shape index (κ3) is 3.87. The van der Waals surface area contributed by atoms with Crippen LogP contribution in [0.2, 0.25) is 15.2 Å². The van der Waals surface area contributed by atoms with Crippen molar-refractivity contribution in [2.24, 2.45) is 0 Å². The molecule has 2 aromatic heterocycles. The number of imidazole rings is 1. The maximum Gasteiger partial charge on any atom is 0.418 e. The molecule has 4 aromatic rings. The molecule has 0 atom stereocenters. The summed E-state index contributed by atoms with van der Waals surface area (Å²) in [5.41, 5.74) is 1.92. The van der Waals surface area contributed by atoms with Crippen molar-refractivity contribution in [3.05, 3.63) is 63.7 Å². The van der Waals surface area contributed by atoms with Crippen molar-refractivity contribution in [3.63, 3.8) is 0 Å². The number of amides is 1. The van der Waals surface area contributed by atoms with E-state index in [9.17, 15) is 4.79 Å². The highest BCUT2D eigenvalue weighted by atomic mass is 35.5. The number of H-pyrrole nitrogens is 1. The quantitative estimate of drug-likeness (QED) is 0.438. The minimum atomic E-state index is -0.718. The summed E-state index contributed by atoms with van der Waals surface area (Å²) in [5.74, 6) is 1.05. The van der Waals surface area contributed by atoms with Gasteiger partial charge in [-0.3, -0.25) is 5.32 Å². The lowest BCUT2D eigenvalue weighted by Crippen LogP contribution is -2.17. The molecule has 0 radical (unpaired) electrons. The van der Waals surface area contributed by atoms with E-state index in [1.807, 2.05) is 0 Å². The molecule has 10 heteroatoms. The Morgan fingerprint density at radius 3 is 2.50 bits per heavy atom. The van der Waals surface area contributed by atoms with E-state index in [4.69, 9.17) is 39.5 Å². The number of carbonyl (C=O) groups excluding carboxylic acids is 1. The molecule has 4 rings (SSSR count). The molecule has 0 aliphatic rings. The van der Waals surface area contributed by atoms with Gasteiger partial charge in [-0.05, 0) is 36.4 Å². The normalized spacial score (nSPS) is 10.8. The number of ether oxygens (including phenoxy) is 1. The summed E-state index contributed by atoms with van der Waals surface area (Å²) in [6.07, 6.45) is -0.718. The number of anilines is 1. The number of rotatable bonds is 3. The summed E-state index contributed by atoms with van der Waals surface area (Å²) in [4.78, 5) is 19.6. The number of nitrogens with one attached hydrogen (secondary N) is 2. The van der Waals surface area contributed by atoms with Gasteiger partial charge in [0.15, 0.2) is 11.0 Å². The molecule has 1 amide bonds. The molecule has 28 heavy (non-hydrogen) atoms. The van der Waals surface area contributed by atoms with E-state index >= 15 is 0 Å². The van der Waals surface area contributed by atoms with Crippen LogP contribution in [0.5, 0.6) is 5.75 Å². The van der Waals surface area contributed by atoms with Gasteiger partial charge >= 0.3 is 6.09 Å². The van der Waals surface area contributed by atoms with Crippen molar-refractivity contribution in [2.45, 2.75) is 0 Å². The molecule has 0 saturated heterocycles. The zero-order valence-corrected chi connectivity index (χ0v) is 16.2. The molecular formula is C18H10Cl3N5O2. The van der Waals surface area contributed by atoms with Gasteiger partial charge in [-0.15, -0.1) is 10.2 Å². The first-order chi connectivity index (χ1) is 13.5. The third-order valence-electron chi connectivity index (χ3n) is 3.73. The highest BCUT2D eigenvalue weighted by Crippen LogP contribution is 2.34. The van der Waals surface area contributed by atoms with Gasteiger partial charge in [0, 0.05) is 6.07 Å². The number of halogens is 3. The zero-order chi connectivity index (χ0) is 19.7. The van der Waals surface area contributed by atoms with Crippen LogP contribution in [0.4, 0.5) is 10.6 Å². The van der Waals surface area contributed by atoms with Crippen molar-refractivity contribution in [1.82, 2.24) is 20.2 Å². The molecule has 0 bridgehead atoms. The van der Waals surface area contributed by atoms with Crippen LogP contribution in [0.1, 0.15) is 0 Å². The fourth-order valence-corrected chi connectivity index (χ4v) is 3.19. The van der Waals surface area contributed by atoms with Gasteiger partial charge in [0.25, 0.3) is 0 Å². The number of aromatic nitrogens is 4. The summed E-state index contributed by atoms with van der Waals surface area (Å²) in [7, 11) is 0. The molecule has 2 heterocycles. The second-order valence-corrected chi connectivity index (χ2v) is 6.82. The standard InChI is InChI=1S/C18H10Cl3N5O2/c19-10-2-1-3-11(20)16(10)17-22-12-5-4-9(8-13(12)23-17)28-18(27)24-15-7-6-14(21)25-26-15/h1-8H,(H,22,23)(H,24,26,27). The van der Waals surface area contributed by atoms with Crippen LogP contribution < -0.4 is 10.1 Å². The second-order valence-electron chi connectivity index (χ2n) is 5.62. The predicted octanol–water partition coefficient (Wildman–Crippen LogP) is 5.59. The summed E-state index contributed by atoms with van der Waals surface area (Å²) < 4.78 is 5.27. The minimum Gasteiger partial charge on any atom is -0.410 e. The van der Waals surface area contributed by atoms with Crippen LogP contribution in [0, 0.1) is 0 Å². The molecule has 0 saturated carbocycles. The van der Waals surface area contributed by atoms with E-state index in [0.717, 1.165) is 0 Å². The van der Waals surface area contributed by atoms with Crippen LogP contribution in [-0.2, 0) is 0 Å². The Morgan fingerprint density at radius 1 is 1.00 bits per heavy atom. The average Bonchev–Trinajstić information content (AvgIpc) is 3.06. The lowest BCUT2D eigenvalue weighted by molar-refractivity contribution is 0.215. The maximum absolute atomic E-state index is 12.0. The highest BCUT2D eigenvalue weighted by Gasteiger charge is 2.14. The lowest BCUT2D eigenvalue weighted by atomic mass is 10.2. The van der Waals surface area contributed by atoms with Crippen LogP contribution in [0.15, 0.2) is 48.5 Å². The smallest absolute Gasteiger partial charge is 0.410 e. The molecule has 0 fully saturated rings. The number of nitrogens with zero attached hydrogens (tertiary/aromatic N) is 3. The van der Waals surface area contributed by atoms with Crippen LogP contribution in [0.3, 0.4) is 0 Å². The summed E-state index contributed by atoms with van der Waals surface area (Å²) in [6.45, 7) is 0. The molecular weight excluding hydrogens is 425 g/mol. The van der Waals surface area contributed by atoms with Crippen molar-refractivity contribution in [3.8, 4) is 17.1 Å². The first-order valence-corrected chi connectivity index (χ1v) is 9.05. The lowest BCUT2D eigenvalue weighted by Gasteiger charge is -2.05. The molecule has 0 aliphatic heterocycles. The van der Waals surface area contributed by atoms with E-state index in [-0.39, 0.29) is 11.0 Å². The van der Waals surface area contributed by atoms with Crippen LogP contribution >= 0.6 is 34.8 Å². The Bertz CT molecular complexity index is 1160. The first-order valence-electron chi connectivity index (χ1n) is 7.92.